The predicted molar refractivity (Wildman–Crippen MR) is 95.1 cm³/mol. The molecule has 0 saturated heterocycles. The van der Waals surface area contributed by atoms with Crippen LogP contribution >= 0.6 is 0 Å². The lowest BCUT2D eigenvalue weighted by atomic mass is 10.1. The summed E-state index contributed by atoms with van der Waals surface area (Å²) in [5, 5.41) is 4.03. The van der Waals surface area contributed by atoms with Gasteiger partial charge in [-0.05, 0) is 42.3 Å². The van der Waals surface area contributed by atoms with Crippen LogP contribution < -0.4 is 15.8 Å². The Hall–Kier alpha value is -3.02. The molecule has 3 aromatic rings. The average Bonchev–Trinajstić information content (AvgIpc) is 2.97. The molecule has 2 aromatic carbocycles. The molecule has 24 heavy (non-hydrogen) atoms. The summed E-state index contributed by atoms with van der Waals surface area (Å²) in [4.78, 5) is 7.40. The number of benzene rings is 2. The maximum absolute atomic E-state index is 13.2. The molecule has 0 unspecified atom stereocenters. The number of halogens is 1. The molecule has 0 fully saturated rings. The average molecular weight is 326 g/mol. The number of ether oxygens (including phenoxy) is 1. The summed E-state index contributed by atoms with van der Waals surface area (Å²) in [7, 11) is 1.60. The van der Waals surface area contributed by atoms with E-state index in [1.807, 2.05) is 30.5 Å². The van der Waals surface area contributed by atoms with E-state index in [2.05, 4.69) is 15.3 Å². The van der Waals surface area contributed by atoms with Crippen LogP contribution in [0.25, 0.3) is 10.9 Å². The molecule has 0 spiro atoms. The molecule has 0 bridgehead atoms. The molecule has 1 heterocycles. The topological polar surface area (TPSA) is 75.4 Å². The van der Waals surface area contributed by atoms with E-state index in [0.29, 0.717) is 24.7 Å². The highest BCUT2D eigenvalue weighted by molar-refractivity contribution is 5.93. The summed E-state index contributed by atoms with van der Waals surface area (Å²) < 4.78 is 18.5. The standard InChI is InChI=1S/C18H19FN4O/c1-24-17-5-3-2-4-15(17)23-18(20)21-9-8-12-11-22-16-10-13(19)6-7-14(12)16/h2-7,10-11,22H,8-9H2,1H3,(H3,20,21,23). The largest absolute Gasteiger partial charge is 0.495 e. The molecule has 3 rings (SSSR count). The smallest absolute Gasteiger partial charge is 0.193 e. The zero-order valence-electron chi connectivity index (χ0n) is 13.3. The minimum absolute atomic E-state index is 0.251. The van der Waals surface area contributed by atoms with Gasteiger partial charge in [-0.3, -0.25) is 4.99 Å². The lowest BCUT2D eigenvalue weighted by Gasteiger charge is -2.10. The fourth-order valence-corrected chi connectivity index (χ4v) is 2.59. The zero-order chi connectivity index (χ0) is 16.9. The van der Waals surface area contributed by atoms with Crippen molar-refractivity contribution in [1.82, 2.24) is 4.98 Å². The van der Waals surface area contributed by atoms with Gasteiger partial charge < -0.3 is 20.8 Å². The van der Waals surface area contributed by atoms with Crippen molar-refractivity contribution in [2.75, 3.05) is 19.0 Å². The third-order valence-corrected chi connectivity index (χ3v) is 3.76. The van der Waals surface area contributed by atoms with Gasteiger partial charge in [0, 0.05) is 23.6 Å². The molecule has 5 nitrogen and oxygen atoms in total. The van der Waals surface area contributed by atoms with Crippen molar-refractivity contribution in [2.24, 2.45) is 10.7 Å². The van der Waals surface area contributed by atoms with Crippen molar-refractivity contribution in [1.29, 1.82) is 0 Å². The molecule has 6 heteroatoms. The Kier molecular flexibility index (Phi) is 4.65. The molecular weight excluding hydrogens is 307 g/mol. The van der Waals surface area contributed by atoms with E-state index in [0.717, 1.165) is 22.2 Å². The second-order valence-electron chi connectivity index (χ2n) is 5.35. The van der Waals surface area contributed by atoms with Gasteiger partial charge in [-0.1, -0.05) is 12.1 Å². The van der Waals surface area contributed by atoms with Crippen LogP contribution in [0.4, 0.5) is 10.1 Å². The van der Waals surface area contributed by atoms with Crippen LogP contribution in [-0.2, 0) is 6.42 Å². The maximum atomic E-state index is 13.2. The molecular formula is C18H19FN4O. The van der Waals surface area contributed by atoms with Gasteiger partial charge in [0.25, 0.3) is 0 Å². The second kappa shape index (κ2) is 7.04. The van der Waals surface area contributed by atoms with Gasteiger partial charge in [-0.2, -0.15) is 0 Å². The predicted octanol–water partition coefficient (Wildman–Crippen LogP) is 3.28. The highest BCUT2D eigenvalue weighted by atomic mass is 19.1. The fourth-order valence-electron chi connectivity index (χ4n) is 2.59. The van der Waals surface area contributed by atoms with E-state index < -0.39 is 0 Å². The molecule has 0 aliphatic carbocycles. The minimum Gasteiger partial charge on any atom is -0.495 e. The molecule has 0 aliphatic heterocycles. The van der Waals surface area contributed by atoms with E-state index in [4.69, 9.17) is 10.5 Å². The first-order valence-corrected chi connectivity index (χ1v) is 7.63. The van der Waals surface area contributed by atoms with Crippen molar-refractivity contribution in [3.8, 4) is 5.75 Å². The van der Waals surface area contributed by atoms with Crippen LogP contribution in [0.15, 0.2) is 53.7 Å². The Morgan fingerprint density at radius 1 is 1.29 bits per heavy atom. The number of guanidine groups is 1. The molecule has 0 aliphatic rings. The number of nitrogens with two attached hydrogens (primary N) is 1. The number of nitrogens with zero attached hydrogens (tertiary/aromatic N) is 1. The summed E-state index contributed by atoms with van der Waals surface area (Å²) >= 11 is 0. The molecule has 124 valence electrons. The maximum Gasteiger partial charge on any atom is 0.193 e. The summed E-state index contributed by atoms with van der Waals surface area (Å²) in [6.07, 6.45) is 2.59. The molecule has 0 atom stereocenters. The lowest BCUT2D eigenvalue weighted by molar-refractivity contribution is 0.417. The third-order valence-electron chi connectivity index (χ3n) is 3.76. The molecule has 0 amide bonds. The number of aliphatic imine (C=N–C) groups is 1. The van der Waals surface area contributed by atoms with E-state index >= 15 is 0 Å². The Labute approximate surface area is 139 Å². The number of anilines is 1. The highest BCUT2D eigenvalue weighted by Gasteiger charge is 2.05. The third kappa shape index (κ3) is 3.48. The van der Waals surface area contributed by atoms with Crippen LogP contribution in [-0.4, -0.2) is 24.6 Å². The van der Waals surface area contributed by atoms with Crippen molar-refractivity contribution >= 4 is 22.5 Å². The Balaban J connectivity index is 1.64. The number of nitrogens with one attached hydrogen (secondary N) is 2. The van der Waals surface area contributed by atoms with Gasteiger partial charge >= 0.3 is 0 Å². The number of H-pyrrole nitrogens is 1. The number of hydrogen-bond acceptors (Lipinski definition) is 2. The quantitative estimate of drug-likeness (QED) is 0.497. The Bertz CT molecular complexity index is 872. The van der Waals surface area contributed by atoms with Crippen molar-refractivity contribution in [2.45, 2.75) is 6.42 Å². The molecule has 4 N–H and O–H groups in total. The van der Waals surface area contributed by atoms with E-state index in [1.165, 1.54) is 12.1 Å². The van der Waals surface area contributed by atoms with Crippen molar-refractivity contribution < 1.29 is 9.13 Å². The Morgan fingerprint density at radius 3 is 2.96 bits per heavy atom. The normalized spacial score (nSPS) is 11.7. The van der Waals surface area contributed by atoms with Crippen molar-refractivity contribution in [3.63, 3.8) is 0 Å². The lowest BCUT2D eigenvalue weighted by Crippen LogP contribution is -2.23. The van der Waals surface area contributed by atoms with Gasteiger partial charge in [0.05, 0.1) is 12.8 Å². The van der Waals surface area contributed by atoms with Gasteiger partial charge in [0.15, 0.2) is 5.96 Å². The van der Waals surface area contributed by atoms with E-state index in [9.17, 15) is 4.39 Å². The van der Waals surface area contributed by atoms with Gasteiger partial charge in [0.1, 0.15) is 11.6 Å². The van der Waals surface area contributed by atoms with Gasteiger partial charge in [-0.25, -0.2) is 4.39 Å². The fraction of sp³-hybridized carbons (Fsp3) is 0.167. The Morgan fingerprint density at radius 2 is 2.12 bits per heavy atom. The number of hydrogen-bond donors (Lipinski definition) is 3. The first-order valence-electron chi connectivity index (χ1n) is 7.63. The SMILES string of the molecule is COc1ccccc1NC(N)=NCCc1c[nH]c2cc(F)ccc12. The first kappa shape index (κ1) is 15.9. The highest BCUT2D eigenvalue weighted by Crippen LogP contribution is 2.23. The van der Waals surface area contributed by atoms with E-state index in [-0.39, 0.29) is 5.82 Å². The number of aromatic nitrogens is 1. The summed E-state index contributed by atoms with van der Waals surface area (Å²) in [6, 6.07) is 12.2. The van der Waals surface area contributed by atoms with Gasteiger partial charge in [0.2, 0.25) is 0 Å². The summed E-state index contributed by atoms with van der Waals surface area (Å²) in [6.45, 7) is 0.526. The van der Waals surface area contributed by atoms with Gasteiger partial charge in [-0.15, -0.1) is 0 Å². The number of rotatable bonds is 5. The van der Waals surface area contributed by atoms with Crippen LogP contribution in [0.3, 0.4) is 0 Å². The summed E-state index contributed by atoms with van der Waals surface area (Å²) in [5.74, 6) is 0.777. The minimum atomic E-state index is -0.251. The van der Waals surface area contributed by atoms with Crippen LogP contribution in [0, 0.1) is 5.82 Å². The first-order chi connectivity index (χ1) is 11.7. The number of fused-ring (bicyclic) bond motifs is 1. The molecule has 0 radical (unpaired) electrons. The second-order valence-corrected chi connectivity index (χ2v) is 5.35. The van der Waals surface area contributed by atoms with E-state index in [1.54, 1.807) is 13.2 Å². The number of para-hydroxylation sites is 2. The molecule has 0 saturated carbocycles. The van der Waals surface area contributed by atoms with Crippen LogP contribution in [0.1, 0.15) is 5.56 Å². The zero-order valence-corrected chi connectivity index (χ0v) is 13.3. The molecule has 1 aromatic heterocycles. The number of methoxy groups -OCH3 is 1. The summed E-state index contributed by atoms with van der Waals surface area (Å²) in [5.41, 5.74) is 8.56. The van der Waals surface area contributed by atoms with Crippen LogP contribution in [0.2, 0.25) is 0 Å². The number of aromatic amines is 1. The van der Waals surface area contributed by atoms with Crippen LogP contribution in [0.5, 0.6) is 5.75 Å². The monoisotopic (exact) mass is 326 g/mol. The van der Waals surface area contributed by atoms with Crippen molar-refractivity contribution in [3.05, 3.63) is 60.0 Å².